The van der Waals surface area contributed by atoms with Gasteiger partial charge in [-0.05, 0) is 63.5 Å². The highest BCUT2D eigenvalue weighted by Crippen LogP contribution is 2.42. The van der Waals surface area contributed by atoms with Gasteiger partial charge in [0.25, 0.3) is 0 Å². The molecule has 1 fully saturated rings. The minimum absolute atomic E-state index is 0.00752. The zero-order valence-corrected chi connectivity index (χ0v) is 14.7. The van der Waals surface area contributed by atoms with Crippen LogP contribution in [0.3, 0.4) is 0 Å². The van der Waals surface area contributed by atoms with Crippen LogP contribution in [0.1, 0.15) is 51.0 Å². The molecule has 1 unspecified atom stereocenters. The van der Waals surface area contributed by atoms with Gasteiger partial charge < -0.3 is 9.84 Å². The fourth-order valence-corrected chi connectivity index (χ4v) is 3.65. The summed E-state index contributed by atoms with van der Waals surface area (Å²) in [5.41, 5.74) is -0.740. The quantitative estimate of drug-likeness (QED) is 0.707. The second-order valence-electron chi connectivity index (χ2n) is 6.30. The Bertz CT molecular complexity index is 509. The first-order valence-corrected chi connectivity index (χ1v) is 8.77. The van der Waals surface area contributed by atoms with Crippen molar-refractivity contribution in [1.29, 1.82) is 0 Å². The van der Waals surface area contributed by atoms with Gasteiger partial charge in [0.1, 0.15) is 11.3 Å². The number of alkyl halides is 3. The van der Waals surface area contributed by atoms with Crippen molar-refractivity contribution in [2.24, 2.45) is 5.92 Å². The molecule has 1 saturated carbocycles. The van der Waals surface area contributed by atoms with E-state index in [1.54, 1.807) is 13.0 Å². The maximum Gasteiger partial charge on any atom is 0.421 e. The molecule has 2 nitrogen and oxygen atoms in total. The summed E-state index contributed by atoms with van der Waals surface area (Å²) in [7, 11) is 0. The van der Waals surface area contributed by atoms with Crippen LogP contribution in [-0.2, 0) is 6.18 Å². The Labute approximate surface area is 143 Å². The largest absolute Gasteiger partial charge is 0.490 e. The van der Waals surface area contributed by atoms with E-state index in [1.165, 1.54) is 12.1 Å². The Morgan fingerprint density at radius 3 is 2.48 bits per heavy atom. The zero-order chi connectivity index (χ0) is 17.0. The standard InChI is InChI=1S/C17H22BrF3O2/c1-11(22)5-6-12-7-9-13(10-8-12)23-15-4-2-3-14(18)16(15)17(19,20)21/h2-4,11-13,22H,5-10H2,1H3. The maximum absolute atomic E-state index is 13.2. The third-order valence-corrected chi connectivity index (χ3v) is 5.00. The molecule has 23 heavy (non-hydrogen) atoms. The first kappa shape index (κ1) is 18.6. The molecule has 2 rings (SSSR count). The molecule has 1 N–H and O–H groups in total. The number of ether oxygens (including phenoxy) is 1. The molecule has 1 aliphatic rings. The van der Waals surface area contributed by atoms with Crippen molar-refractivity contribution in [3.05, 3.63) is 28.2 Å². The third-order valence-electron chi connectivity index (χ3n) is 4.34. The summed E-state index contributed by atoms with van der Waals surface area (Å²) in [4.78, 5) is 0. The van der Waals surface area contributed by atoms with Crippen LogP contribution in [-0.4, -0.2) is 17.3 Å². The summed E-state index contributed by atoms with van der Waals surface area (Å²) in [6.07, 6.45) is 0.231. The highest BCUT2D eigenvalue weighted by Gasteiger charge is 2.37. The van der Waals surface area contributed by atoms with E-state index in [4.69, 9.17) is 4.74 Å². The minimum Gasteiger partial charge on any atom is -0.490 e. The molecule has 0 aliphatic heterocycles. The van der Waals surface area contributed by atoms with Crippen molar-refractivity contribution in [3.63, 3.8) is 0 Å². The Balaban J connectivity index is 1.96. The van der Waals surface area contributed by atoms with Gasteiger partial charge in [-0.25, -0.2) is 0 Å². The van der Waals surface area contributed by atoms with Gasteiger partial charge in [0.05, 0.1) is 12.2 Å². The summed E-state index contributed by atoms with van der Waals surface area (Å²) in [6, 6.07) is 4.32. The van der Waals surface area contributed by atoms with Crippen LogP contribution < -0.4 is 4.74 Å². The van der Waals surface area contributed by atoms with Crippen LogP contribution in [0.15, 0.2) is 22.7 Å². The molecule has 0 heterocycles. The monoisotopic (exact) mass is 394 g/mol. The van der Waals surface area contributed by atoms with E-state index >= 15 is 0 Å². The Morgan fingerprint density at radius 2 is 1.91 bits per heavy atom. The minimum atomic E-state index is -4.44. The second-order valence-corrected chi connectivity index (χ2v) is 7.15. The van der Waals surface area contributed by atoms with Crippen LogP contribution in [0.25, 0.3) is 0 Å². The molecule has 0 radical (unpaired) electrons. The lowest BCUT2D eigenvalue weighted by molar-refractivity contribution is -0.140. The SMILES string of the molecule is CC(O)CCC1CCC(Oc2cccc(Br)c2C(F)(F)F)CC1. The molecule has 1 aromatic carbocycles. The van der Waals surface area contributed by atoms with Crippen LogP contribution in [0.4, 0.5) is 13.2 Å². The number of hydrogen-bond acceptors (Lipinski definition) is 2. The van der Waals surface area contributed by atoms with Crippen molar-refractivity contribution in [1.82, 2.24) is 0 Å². The van der Waals surface area contributed by atoms with Crippen molar-refractivity contribution < 1.29 is 23.0 Å². The molecule has 130 valence electrons. The van der Waals surface area contributed by atoms with Crippen LogP contribution in [0, 0.1) is 5.92 Å². The van der Waals surface area contributed by atoms with E-state index in [2.05, 4.69) is 15.9 Å². The number of aliphatic hydroxyl groups is 1. The van der Waals surface area contributed by atoms with Gasteiger partial charge >= 0.3 is 6.18 Å². The van der Waals surface area contributed by atoms with Crippen LogP contribution in [0.2, 0.25) is 0 Å². The van der Waals surface area contributed by atoms with Crippen LogP contribution >= 0.6 is 15.9 Å². The number of rotatable bonds is 5. The highest BCUT2D eigenvalue weighted by atomic mass is 79.9. The third kappa shape index (κ3) is 5.38. The van der Waals surface area contributed by atoms with Gasteiger partial charge in [-0.15, -0.1) is 0 Å². The molecule has 1 atom stereocenters. The number of hydrogen-bond donors (Lipinski definition) is 1. The summed E-state index contributed by atoms with van der Waals surface area (Å²) in [5.74, 6) is 0.438. The van der Waals surface area contributed by atoms with E-state index in [1.807, 2.05) is 0 Å². The lowest BCUT2D eigenvalue weighted by Crippen LogP contribution is -2.25. The predicted octanol–water partition coefficient (Wildman–Crippen LogP) is 5.57. The van der Waals surface area contributed by atoms with Crippen molar-refractivity contribution in [2.45, 2.75) is 63.8 Å². The van der Waals surface area contributed by atoms with Gasteiger partial charge in [0.15, 0.2) is 0 Å². The van der Waals surface area contributed by atoms with Crippen molar-refractivity contribution in [3.8, 4) is 5.75 Å². The first-order chi connectivity index (χ1) is 10.8. The Kier molecular flexibility index (Phi) is 6.37. The summed E-state index contributed by atoms with van der Waals surface area (Å²) in [6.45, 7) is 1.78. The van der Waals surface area contributed by atoms with Gasteiger partial charge in [-0.2, -0.15) is 13.2 Å². The summed E-state index contributed by atoms with van der Waals surface area (Å²) >= 11 is 2.97. The summed E-state index contributed by atoms with van der Waals surface area (Å²) < 4.78 is 45.2. The van der Waals surface area contributed by atoms with E-state index in [9.17, 15) is 18.3 Å². The predicted molar refractivity (Wildman–Crippen MR) is 86.4 cm³/mol. The number of aliphatic hydroxyl groups excluding tert-OH is 1. The molecule has 0 saturated heterocycles. The van der Waals surface area contributed by atoms with E-state index in [-0.39, 0.29) is 22.4 Å². The Morgan fingerprint density at radius 1 is 1.26 bits per heavy atom. The average Bonchev–Trinajstić information content (AvgIpc) is 2.45. The van der Waals surface area contributed by atoms with Crippen molar-refractivity contribution in [2.75, 3.05) is 0 Å². The maximum atomic E-state index is 13.2. The fraction of sp³-hybridized carbons (Fsp3) is 0.647. The van der Waals surface area contributed by atoms with Crippen LogP contribution in [0.5, 0.6) is 5.75 Å². The molecule has 0 aromatic heterocycles. The lowest BCUT2D eigenvalue weighted by atomic mass is 9.84. The number of benzene rings is 1. The molecule has 0 amide bonds. The smallest absolute Gasteiger partial charge is 0.421 e. The molecule has 1 aliphatic carbocycles. The molecular weight excluding hydrogens is 373 g/mol. The van der Waals surface area contributed by atoms with Gasteiger partial charge in [-0.1, -0.05) is 22.0 Å². The van der Waals surface area contributed by atoms with E-state index in [0.29, 0.717) is 5.92 Å². The van der Waals surface area contributed by atoms with Crippen molar-refractivity contribution >= 4 is 15.9 Å². The first-order valence-electron chi connectivity index (χ1n) is 7.97. The van der Waals surface area contributed by atoms with Gasteiger partial charge in [0.2, 0.25) is 0 Å². The molecule has 0 spiro atoms. The molecule has 1 aromatic rings. The summed E-state index contributed by atoms with van der Waals surface area (Å²) in [5, 5.41) is 9.33. The zero-order valence-electron chi connectivity index (χ0n) is 13.1. The highest BCUT2D eigenvalue weighted by molar-refractivity contribution is 9.10. The topological polar surface area (TPSA) is 29.5 Å². The normalized spacial score (nSPS) is 23.6. The van der Waals surface area contributed by atoms with E-state index < -0.39 is 11.7 Å². The average molecular weight is 395 g/mol. The van der Waals surface area contributed by atoms with Gasteiger partial charge in [0, 0.05) is 4.47 Å². The molecule has 0 bridgehead atoms. The lowest BCUT2D eigenvalue weighted by Gasteiger charge is -2.30. The Hall–Kier alpha value is -0.750. The van der Waals surface area contributed by atoms with E-state index in [0.717, 1.165) is 38.5 Å². The second kappa shape index (κ2) is 7.88. The fourth-order valence-electron chi connectivity index (χ4n) is 3.07. The number of halogens is 4. The molecule has 6 heteroatoms. The van der Waals surface area contributed by atoms with Gasteiger partial charge in [-0.3, -0.25) is 0 Å². The molecular formula is C17H22BrF3O2.